The van der Waals surface area contributed by atoms with Gasteiger partial charge in [0.15, 0.2) is 5.78 Å². The molecule has 3 nitrogen and oxygen atoms in total. The van der Waals surface area contributed by atoms with Crippen LogP contribution in [0.25, 0.3) is 0 Å². The Hall–Kier alpha value is -1.64. The number of allylic oxidation sites excluding steroid dienone is 2. The first-order chi connectivity index (χ1) is 8.72. The minimum atomic E-state index is 0.276. The van der Waals surface area contributed by atoms with Crippen molar-refractivity contribution in [1.29, 1.82) is 0 Å². The molecule has 18 heavy (non-hydrogen) atoms. The summed E-state index contributed by atoms with van der Waals surface area (Å²) < 4.78 is 0. The fourth-order valence-corrected chi connectivity index (χ4v) is 2.45. The quantitative estimate of drug-likeness (QED) is 0.813. The van der Waals surface area contributed by atoms with Gasteiger partial charge in [0, 0.05) is 42.7 Å². The third-order valence-corrected chi connectivity index (χ3v) is 3.64. The number of hydrogen-bond donors (Lipinski definition) is 0. The number of carbonyl (C=O) groups is 1. The summed E-state index contributed by atoms with van der Waals surface area (Å²) in [5.41, 5.74) is 3.50. The highest BCUT2D eigenvalue weighted by Crippen LogP contribution is 2.34. The Morgan fingerprint density at radius 2 is 2.17 bits per heavy atom. The van der Waals surface area contributed by atoms with Crippen LogP contribution in [0.3, 0.4) is 0 Å². The van der Waals surface area contributed by atoms with Gasteiger partial charge in [0.1, 0.15) is 0 Å². The lowest BCUT2D eigenvalue weighted by molar-refractivity contribution is -0.114. The molecule has 2 aliphatic rings. The molecule has 1 saturated carbocycles. The number of ketones is 1. The lowest BCUT2D eigenvalue weighted by Gasteiger charge is -2.25. The van der Waals surface area contributed by atoms with Crippen LogP contribution in [0.5, 0.6) is 0 Å². The van der Waals surface area contributed by atoms with Crippen molar-refractivity contribution in [3.05, 3.63) is 41.4 Å². The Kier molecular flexibility index (Phi) is 2.90. The largest absolute Gasteiger partial charge is 0.367 e. The number of hydrogen-bond acceptors (Lipinski definition) is 3. The lowest BCUT2D eigenvalue weighted by atomic mass is 10.2. The second kappa shape index (κ2) is 4.56. The van der Waals surface area contributed by atoms with Crippen molar-refractivity contribution in [2.75, 3.05) is 0 Å². The zero-order valence-electron chi connectivity index (χ0n) is 10.7. The monoisotopic (exact) mass is 242 g/mol. The van der Waals surface area contributed by atoms with Crippen molar-refractivity contribution in [3.63, 3.8) is 0 Å². The Balaban J connectivity index is 1.76. The van der Waals surface area contributed by atoms with Crippen molar-refractivity contribution < 1.29 is 4.79 Å². The van der Waals surface area contributed by atoms with Crippen LogP contribution in [-0.2, 0) is 11.3 Å². The second-order valence-electron chi connectivity index (χ2n) is 5.27. The van der Waals surface area contributed by atoms with Gasteiger partial charge >= 0.3 is 0 Å². The molecule has 2 aliphatic carbocycles. The summed E-state index contributed by atoms with van der Waals surface area (Å²) in [7, 11) is 0. The summed E-state index contributed by atoms with van der Waals surface area (Å²) >= 11 is 0. The van der Waals surface area contributed by atoms with Crippen molar-refractivity contribution in [2.24, 2.45) is 0 Å². The first kappa shape index (κ1) is 11.5. The van der Waals surface area contributed by atoms with Crippen LogP contribution in [0, 0.1) is 6.92 Å². The first-order valence-corrected chi connectivity index (χ1v) is 6.64. The van der Waals surface area contributed by atoms with Crippen molar-refractivity contribution in [2.45, 2.75) is 45.2 Å². The van der Waals surface area contributed by atoms with E-state index in [2.05, 4.69) is 22.0 Å². The molecule has 0 aromatic carbocycles. The molecule has 0 atom stereocenters. The number of pyridine rings is 1. The van der Waals surface area contributed by atoms with Crippen LogP contribution in [0.1, 0.15) is 36.9 Å². The molecule has 3 rings (SSSR count). The van der Waals surface area contributed by atoms with Crippen molar-refractivity contribution >= 4 is 5.78 Å². The highest BCUT2D eigenvalue weighted by molar-refractivity contribution is 5.92. The molecule has 0 amide bonds. The summed E-state index contributed by atoms with van der Waals surface area (Å²) in [6.45, 7) is 2.89. The van der Waals surface area contributed by atoms with Crippen LogP contribution in [0.15, 0.2) is 30.1 Å². The molecule has 1 heterocycles. The van der Waals surface area contributed by atoms with Gasteiger partial charge in [-0.05, 0) is 37.8 Å². The molecule has 3 heteroatoms. The fourth-order valence-electron chi connectivity index (χ4n) is 2.45. The van der Waals surface area contributed by atoms with E-state index in [1.807, 2.05) is 19.2 Å². The molecule has 0 unspecified atom stereocenters. The molecule has 1 fully saturated rings. The number of aromatic nitrogens is 1. The van der Waals surface area contributed by atoms with Crippen LogP contribution >= 0.6 is 0 Å². The Bertz CT molecular complexity index is 486. The van der Waals surface area contributed by atoms with E-state index >= 15 is 0 Å². The van der Waals surface area contributed by atoms with E-state index in [0.717, 1.165) is 18.7 Å². The van der Waals surface area contributed by atoms with Crippen LogP contribution in [0.2, 0.25) is 0 Å². The zero-order chi connectivity index (χ0) is 12.5. The van der Waals surface area contributed by atoms with E-state index < -0.39 is 0 Å². The van der Waals surface area contributed by atoms with Crippen LogP contribution in [0.4, 0.5) is 0 Å². The number of nitrogens with zero attached hydrogens (tertiary/aromatic N) is 2. The molecule has 0 saturated heterocycles. The van der Waals surface area contributed by atoms with Crippen LogP contribution in [-0.4, -0.2) is 21.7 Å². The third-order valence-electron chi connectivity index (χ3n) is 3.64. The Labute approximate surface area is 108 Å². The van der Waals surface area contributed by atoms with Gasteiger partial charge in [0.2, 0.25) is 0 Å². The smallest absolute Gasteiger partial charge is 0.157 e. The van der Waals surface area contributed by atoms with E-state index in [4.69, 9.17) is 0 Å². The molecular formula is C15H18N2O. The predicted molar refractivity (Wildman–Crippen MR) is 69.9 cm³/mol. The van der Waals surface area contributed by atoms with Gasteiger partial charge in [-0.3, -0.25) is 9.78 Å². The topological polar surface area (TPSA) is 33.2 Å². The summed E-state index contributed by atoms with van der Waals surface area (Å²) in [5.74, 6) is 0.276. The van der Waals surface area contributed by atoms with Crippen LogP contribution < -0.4 is 0 Å². The summed E-state index contributed by atoms with van der Waals surface area (Å²) in [6, 6.07) is 4.83. The highest BCUT2D eigenvalue weighted by Gasteiger charge is 2.32. The Morgan fingerprint density at radius 1 is 1.33 bits per heavy atom. The highest BCUT2D eigenvalue weighted by atomic mass is 16.1. The number of aryl methyl sites for hydroxylation is 1. The average Bonchev–Trinajstić information content (AvgIpc) is 3.11. The van der Waals surface area contributed by atoms with Gasteiger partial charge in [-0.15, -0.1) is 0 Å². The number of carbonyl (C=O) groups excluding carboxylic acids is 1. The van der Waals surface area contributed by atoms with Gasteiger partial charge in [-0.1, -0.05) is 6.07 Å². The van der Waals surface area contributed by atoms with Gasteiger partial charge in [-0.2, -0.15) is 0 Å². The second-order valence-corrected chi connectivity index (χ2v) is 5.27. The first-order valence-electron chi connectivity index (χ1n) is 6.64. The van der Waals surface area contributed by atoms with E-state index in [1.165, 1.54) is 24.1 Å². The van der Waals surface area contributed by atoms with E-state index in [-0.39, 0.29) is 5.78 Å². The van der Waals surface area contributed by atoms with Gasteiger partial charge < -0.3 is 4.90 Å². The molecule has 0 N–H and O–H groups in total. The average molecular weight is 242 g/mol. The molecule has 1 aromatic rings. The van der Waals surface area contributed by atoms with E-state index in [9.17, 15) is 4.79 Å². The summed E-state index contributed by atoms with van der Waals surface area (Å²) in [6.07, 6.45) is 7.89. The molecule has 0 bridgehead atoms. The summed E-state index contributed by atoms with van der Waals surface area (Å²) in [5, 5.41) is 0. The minimum Gasteiger partial charge on any atom is -0.367 e. The third kappa shape index (κ3) is 2.45. The van der Waals surface area contributed by atoms with E-state index in [0.29, 0.717) is 12.5 Å². The molecule has 0 aliphatic heterocycles. The molecule has 1 aromatic heterocycles. The summed E-state index contributed by atoms with van der Waals surface area (Å²) in [4.78, 5) is 18.1. The standard InChI is InChI=1S/C15H18N2O/c1-11-2-3-12(9-16-11)10-17(13-4-5-13)14-6-7-15(18)8-14/h2-3,8-9,13H,4-7,10H2,1H3. The molecular weight excluding hydrogens is 224 g/mol. The molecule has 0 spiro atoms. The van der Waals surface area contributed by atoms with Gasteiger partial charge in [-0.25, -0.2) is 0 Å². The number of rotatable bonds is 4. The van der Waals surface area contributed by atoms with Crippen molar-refractivity contribution in [3.8, 4) is 0 Å². The predicted octanol–water partition coefficient (Wildman–Crippen LogP) is 2.60. The van der Waals surface area contributed by atoms with Crippen molar-refractivity contribution in [1.82, 2.24) is 9.88 Å². The maximum Gasteiger partial charge on any atom is 0.157 e. The normalized spacial score (nSPS) is 18.9. The van der Waals surface area contributed by atoms with Gasteiger partial charge in [0.05, 0.1) is 0 Å². The maximum atomic E-state index is 11.4. The molecule has 0 radical (unpaired) electrons. The van der Waals surface area contributed by atoms with E-state index in [1.54, 1.807) is 0 Å². The SMILES string of the molecule is Cc1ccc(CN(C2=CC(=O)CC2)C2CC2)cn1. The lowest BCUT2D eigenvalue weighted by Crippen LogP contribution is -2.24. The van der Waals surface area contributed by atoms with Gasteiger partial charge in [0.25, 0.3) is 0 Å². The zero-order valence-corrected chi connectivity index (χ0v) is 10.7. The minimum absolute atomic E-state index is 0.276. The Morgan fingerprint density at radius 3 is 2.72 bits per heavy atom. The fraction of sp³-hybridized carbons (Fsp3) is 0.467. The molecule has 94 valence electrons. The maximum absolute atomic E-state index is 11.4.